The zero-order valence-electron chi connectivity index (χ0n) is 8.84. The second kappa shape index (κ2) is 8.66. The van der Waals surface area contributed by atoms with Gasteiger partial charge in [-0.3, -0.25) is 4.21 Å². The Kier molecular flexibility index (Phi) is 8.71. The number of ether oxygens (including phenoxy) is 1. The van der Waals surface area contributed by atoms with Crippen molar-refractivity contribution in [3.8, 4) is 0 Å². The molecule has 2 unspecified atom stereocenters. The van der Waals surface area contributed by atoms with Crippen LogP contribution in [0.15, 0.2) is 0 Å². The normalized spacial score (nSPS) is 15.6. The largest absolute Gasteiger partial charge is 0.384 e. The first kappa shape index (κ1) is 13.1. The van der Waals surface area contributed by atoms with E-state index in [1.165, 1.54) is 0 Å². The first-order valence-electron chi connectivity index (χ1n) is 4.75. The Balaban J connectivity index is 3.20. The van der Waals surface area contributed by atoms with Crippen LogP contribution in [0.1, 0.15) is 13.8 Å². The van der Waals surface area contributed by atoms with E-state index in [0.717, 1.165) is 31.2 Å². The molecule has 0 rings (SSSR count). The summed E-state index contributed by atoms with van der Waals surface area (Å²) in [6.45, 7) is 6.64. The molecule has 0 bridgehead atoms. The summed E-state index contributed by atoms with van der Waals surface area (Å²) in [5.74, 6) is 2.05. The fourth-order valence-corrected chi connectivity index (χ4v) is 1.68. The van der Waals surface area contributed by atoms with Crippen LogP contribution in [-0.4, -0.2) is 42.5 Å². The van der Waals surface area contributed by atoms with Crippen molar-refractivity contribution in [3.05, 3.63) is 0 Å². The van der Waals surface area contributed by atoms with Crippen LogP contribution in [0.4, 0.5) is 0 Å². The third-order valence-corrected chi connectivity index (χ3v) is 3.08. The van der Waals surface area contributed by atoms with E-state index in [1.54, 1.807) is 7.11 Å². The second-order valence-electron chi connectivity index (χ2n) is 3.20. The molecule has 0 amide bonds. The van der Waals surface area contributed by atoms with Crippen LogP contribution in [0.25, 0.3) is 0 Å². The molecule has 80 valence electrons. The van der Waals surface area contributed by atoms with Gasteiger partial charge in [-0.1, -0.05) is 13.8 Å². The minimum atomic E-state index is -0.639. The molecule has 0 aliphatic heterocycles. The van der Waals surface area contributed by atoms with E-state index < -0.39 is 10.8 Å². The monoisotopic (exact) mass is 207 g/mol. The van der Waals surface area contributed by atoms with Crippen molar-refractivity contribution < 1.29 is 8.95 Å². The first-order chi connectivity index (χ1) is 6.20. The maximum atomic E-state index is 11.0. The summed E-state index contributed by atoms with van der Waals surface area (Å²) in [5, 5.41) is 3.26. The summed E-state index contributed by atoms with van der Waals surface area (Å²) < 4.78 is 16.0. The van der Waals surface area contributed by atoms with E-state index in [9.17, 15) is 4.21 Å². The highest BCUT2D eigenvalue weighted by atomic mass is 32.2. The quantitative estimate of drug-likeness (QED) is 0.593. The van der Waals surface area contributed by atoms with Crippen LogP contribution < -0.4 is 5.32 Å². The molecule has 4 heteroatoms. The summed E-state index contributed by atoms with van der Waals surface area (Å²) in [6.07, 6.45) is 0. The fraction of sp³-hybridized carbons (Fsp3) is 1.00. The third-order valence-electron chi connectivity index (χ3n) is 1.77. The van der Waals surface area contributed by atoms with Crippen molar-refractivity contribution in [1.82, 2.24) is 5.32 Å². The van der Waals surface area contributed by atoms with Gasteiger partial charge in [-0.15, -0.1) is 0 Å². The van der Waals surface area contributed by atoms with Crippen LogP contribution in [0.3, 0.4) is 0 Å². The molecule has 0 heterocycles. The standard InChI is InChI=1S/C9H21NO2S/c1-4-13(11)6-5-10-7-9(2)8-12-3/h9-10H,4-8H2,1-3H3. The van der Waals surface area contributed by atoms with E-state index in [1.807, 2.05) is 6.92 Å². The molecule has 0 aliphatic rings. The molecule has 0 aliphatic carbocycles. The number of hydrogen-bond donors (Lipinski definition) is 1. The molecule has 0 saturated heterocycles. The molecule has 0 radical (unpaired) electrons. The lowest BCUT2D eigenvalue weighted by atomic mass is 10.2. The van der Waals surface area contributed by atoms with Gasteiger partial charge in [0.1, 0.15) is 0 Å². The molecule has 0 aromatic carbocycles. The van der Waals surface area contributed by atoms with Gasteiger partial charge in [-0.25, -0.2) is 0 Å². The summed E-state index contributed by atoms with van der Waals surface area (Å²) in [4.78, 5) is 0. The Morgan fingerprint density at radius 1 is 1.54 bits per heavy atom. The van der Waals surface area contributed by atoms with E-state index in [-0.39, 0.29) is 0 Å². The molecule has 1 N–H and O–H groups in total. The predicted octanol–water partition coefficient (Wildman–Crippen LogP) is 0.627. The van der Waals surface area contributed by atoms with Crippen molar-refractivity contribution in [3.63, 3.8) is 0 Å². The highest BCUT2D eigenvalue weighted by Crippen LogP contribution is 1.91. The topological polar surface area (TPSA) is 38.3 Å². The lowest BCUT2D eigenvalue weighted by molar-refractivity contribution is 0.159. The van der Waals surface area contributed by atoms with Gasteiger partial charge in [-0.05, 0) is 12.5 Å². The summed E-state index contributed by atoms with van der Waals surface area (Å²) in [6, 6.07) is 0. The van der Waals surface area contributed by atoms with Gasteiger partial charge >= 0.3 is 0 Å². The van der Waals surface area contributed by atoms with Gasteiger partial charge < -0.3 is 10.1 Å². The molecular weight excluding hydrogens is 186 g/mol. The van der Waals surface area contributed by atoms with Gasteiger partial charge in [0.2, 0.25) is 0 Å². The maximum Gasteiger partial charge on any atom is 0.0499 e. The average molecular weight is 207 g/mol. The molecule has 0 spiro atoms. The molecule has 0 saturated carbocycles. The third kappa shape index (κ3) is 8.40. The predicted molar refractivity (Wildman–Crippen MR) is 57.5 cm³/mol. The lowest BCUT2D eigenvalue weighted by Crippen LogP contribution is -2.27. The number of methoxy groups -OCH3 is 1. The smallest absolute Gasteiger partial charge is 0.0499 e. The zero-order valence-corrected chi connectivity index (χ0v) is 9.65. The summed E-state index contributed by atoms with van der Waals surface area (Å²) >= 11 is 0. The van der Waals surface area contributed by atoms with Crippen molar-refractivity contribution in [2.45, 2.75) is 13.8 Å². The van der Waals surface area contributed by atoms with Crippen LogP contribution >= 0.6 is 0 Å². The van der Waals surface area contributed by atoms with Crippen molar-refractivity contribution in [2.75, 3.05) is 38.3 Å². The fourth-order valence-electron chi connectivity index (χ4n) is 1.02. The van der Waals surface area contributed by atoms with Crippen LogP contribution in [0.5, 0.6) is 0 Å². The molecule has 0 aromatic rings. The summed E-state index contributed by atoms with van der Waals surface area (Å²) in [7, 11) is 1.07. The number of rotatable bonds is 8. The van der Waals surface area contributed by atoms with Gasteiger partial charge in [0.25, 0.3) is 0 Å². The molecule has 3 nitrogen and oxygen atoms in total. The van der Waals surface area contributed by atoms with E-state index in [0.29, 0.717) is 5.92 Å². The van der Waals surface area contributed by atoms with Gasteiger partial charge in [-0.2, -0.15) is 0 Å². The van der Waals surface area contributed by atoms with Gasteiger partial charge in [0.05, 0.1) is 0 Å². The molecule has 2 atom stereocenters. The Bertz CT molecular complexity index is 142. The zero-order chi connectivity index (χ0) is 10.1. The number of nitrogens with one attached hydrogen (secondary N) is 1. The lowest BCUT2D eigenvalue weighted by Gasteiger charge is -2.10. The van der Waals surface area contributed by atoms with Crippen LogP contribution in [0, 0.1) is 5.92 Å². The first-order valence-corrected chi connectivity index (χ1v) is 6.24. The highest BCUT2D eigenvalue weighted by molar-refractivity contribution is 7.84. The molecular formula is C9H21NO2S. The van der Waals surface area contributed by atoms with Crippen LogP contribution in [-0.2, 0) is 15.5 Å². The Morgan fingerprint density at radius 3 is 2.77 bits per heavy atom. The molecule has 13 heavy (non-hydrogen) atoms. The Morgan fingerprint density at radius 2 is 2.23 bits per heavy atom. The number of hydrogen-bond acceptors (Lipinski definition) is 3. The van der Waals surface area contributed by atoms with E-state index >= 15 is 0 Å². The van der Waals surface area contributed by atoms with Crippen LogP contribution in [0.2, 0.25) is 0 Å². The minimum Gasteiger partial charge on any atom is -0.384 e. The Labute approximate surface area is 83.7 Å². The van der Waals surface area contributed by atoms with E-state index in [2.05, 4.69) is 12.2 Å². The maximum absolute atomic E-state index is 11.0. The molecule has 0 fully saturated rings. The molecule has 0 aromatic heterocycles. The van der Waals surface area contributed by atoms with Gasteiger partial charge in [0, 0.05) is 42.6 Å². The van der Waals surface area contributed by atoms with Crippen molar-refractivity contribution >= 4 is 10.8 Å². The highest BCUT2D eigenvalue weighted by Gasteiger charge is 2.00. The van der Waals surface area contributed by atoms with Crippen molar-refractivity contribution in [1.29, 1.82) is 0 Å². The second-order valence-corrected chi connectivity index (χ2v) is 5.06. The summed E-state index contributed by atoms with van der Waals surface area (Å²) in [5.41, 5.74) is 0. The van der Waals surface area contributed by atoms with Gasteiger partial charge in [0.15, 0.2) is 0 Å². The average Bonchev–Trinajstić information content (AvgIpc) is 2.12. The minimum absolute atomic E-state index is 0.528. The van der Waals surface area contributed by atoms with Crippen molar-refractivity contribution in [2.24, 2.45) is 5.92 Å². The SMILES string of the molecule is CCS(=O)CCNCC(C)COC. The van der Waals surface area contributed by atoms with E-state index in [4.69, 9.17) is 4.74 Å². The Hall–Kier alpha value is 0.0700.